The molecule has 0 fully saturated rings. The zero-order chi connectivity index (χ0) is 23.5. The van der Waals surface area contributed by atoms with Crippen molar-refractivity contribution in [2.24, 2.45) is 0 Å². The number of hydrogen-bond donors (Lipinski definition) is 2. The van der Waals surface area contributed by atoms with Crippen LogP contribution in [0.15, 0.2) is 59.4 Å². The molecule has 9 heteroatoms. The van der Waals surface area contributed by atoms with E-state index in [1.807, 2.05) is 0 Å². The second-order valence-electron chi connectivity index (χ2n) is 7.06. The lowest BCUT2D eigenvalue weighted by Crippen LogP contribution is -2.12. The van der Waals surface area contributed by atoms with Gasteiger partial charge in [0.1, 0.15) is 11.6 Å². The van der Waals surface area contributed by atoms with Crippen LogP contribution in [0.5, 0.6) is 5.75 Å². The van der Waals surface area contributed by atoms with Gasteiger partial charge in [0.05, 0.1) is 20.9 Å². The average Bonchev–Trinajstić information content (AvgIpc) is 2.76. The quantitative estimate of drug-likeness (QED) is 0.200. The van der Waals surface area contributed by atoms with E-state index in [0.29, 0.717) is 32.6 Å². The molecule has 1 aromatic heterocycles. The Labute approximate surface area is 197 Å². The predicted octanol–water partition coefficient (Wildman–Crippen LogP) is 6.21. The molecule has 0 aliphatic rings. The maximum absolute atomic E-state index is 14.2. The lowest BCUT2D eigenvalue weighted by Gasteiger charge is -2.09. The second kappa shape index (κ2) is 9.44. The molecule has 3 aromatic carbocycles. The summed E-state index contributed by atoms with van der Waals surface area (Å²) in [6, 6.07) is 14.1. The fourth-order valence-corrected chi connectivity index (χ4v) is 3.43. The van der Waals surface area contributed by atoms with E-state index in [9.17, 15) is 14.0 Å². The van der Waals surface area contributed by atoms with Gasteiger partial charge in [-0.15, -0.1) is 0 Å². The summed E-state index contributed by atoms with van der Waals surface area (Å²) in [5.74, 6) is -0.393. The molecule has 0 aliphatic carbocycles. The molecule has 4 aromatic rings. The SMILES string of the molecule is CC(=O)Oc1ccc(/C=C/c2cc(F)cc3c(=O)[nH]c(Nc4ccc(Cl)c(Cl)c4)nc23)cc1. The molecule has 2 N–H and O–H groups in total. The van der Waals surface area contributed by atoms with Gasteiger partial charge in [0, 0.05) is 18.2 Å². The van der Waals surface area contributed by atoms with E-state index in [1.54, 1.807) is 54.6 Å². The number of nitrogens with zero attached hydrogens (tertiary/aromatic N) is 1. The zero-order valence-corrected chi connectivity index (χ0v) is 18.7. The molecule has 0 unspecified atom stereocenters. The van der Waals surface area contributed by atoms with Gasteiger partial charge in [-0.25, -0.2) is 9.37 Å². The standard InChI is InChI=1S/C24H16Cl2FN3O3/c1-13(31)33-18-7-3-14(4-8-18)2-5-15-10-16(27)11-19-22(15)29-24(30-23(19)32)28-17-6-9-20(25)21(26)12-17/h2-12H,1H3,(H2,28,29,30,32)/b5-2+. The molecule has 4 rings (SSSR count). The van der Waals surface area contributed by atoms with Crippen LogP contribution in [0, 0.1) is 5.82 Å². The van der Waals surface area contributed by atoms with Gasteiger partial charge in [-0.2, -0.15) is 0 Å². The number of fused-ring (bicyclic) bond motifs is 1. The van der Waals surface area contributed by atoms with Crippen LogP contribution in [-0.4, -0.2) is 15.9 Å². The number of aromatic amines is 1. The first-order valence-electron chi connectivity index (χ1n) is 9.71. The molecule has 0 spiro atoms. The van der Waals surface area contributed by atoms with Gasteiger partial charge in [0.15, 0.2) is 0 Å². The van der Waals surface area contributed by atoms with Gasteiger partial charge in [0.2, 0.25) is 5.95 Å². The van der Waals surface area contributed by atoms with E-state index >= 15 is 0 Å². The lowest BCUT2D eigenvalue weighted by atomic mass is 10.1. The van der Waals surface area contributed by atoms with Crippen LogP contribution in [0.2, 0.25) is 10.0 Å². The van der Waals surface area contributed by atoms with E-state index in [1.165, 1.54) is 13.0 Å². The number of hydrogen-bond acceptors (Lipinski definition) is 5. The zero-order valence-electron chi connectivity index (χ0n) is 17.2. The summed E-state index contributed by atoms with van der Waals surface area (Å²) < 4.78 is 19.2. The molecule has 0 saturated heterocycles. The van der Waals surface area contributed by atoms with E-state index in [4.69, 9.17) is 27.9 Å². The lowest BCUT2D eigenvalue weighted by molar-refractivity contribution is -0.131. The van der Waals surface area contributed by atoms with E-state index in [2.05, 4.69) is 15.3 Å². The minimum absolute atomic E-state index is 0.111. The number of halogens is 3. The Morgan fingerprint density at radius 3 is 2.52 bits per heavy atom. The molecule has 0 atom stereocenters. The van der Waals surface area contributed by atoms with Crippen LogP contribution in [0.1, 0.15) is 18.1 Å². The van der Waals surface area contributed by atoms with Crippen molar-refractivity contribution >= 4 is 63.9 Å². The van der Waals surface area contributed by atoms with Crippen LogP contribution in [0.3, 0.4) is 0 Å². The topological polar surface area (TPSA) is 84.1 Å². The van der Waals surface area contributed by atoms with E-state index in [-0.39, 0.29) is 11.3 Å². The smallest absolute Gasteiger partial charge is 0.308 e. The maximum atomic E-state index is 14.2. The molecule has 33 heavy (non-hydrogen) atoms. The van der Waals surface area contributed by atoms with Crippen LogP contribution in [-0.2, 0) is 4.79 Å². The number of carbonyl (C=O) groups excluding carboxylic acids is 1. The average molecular weight is 484 g/mol. The summed E-state index contributed by atoms with van der Waals surface area (Å²) in [5.41, 5.74) is 1.58. The molecule has 6 nitrogen and oxygen atoms in total. The molecular weight excluding hydrogens is 468 g/mol. The van der Waals surface area contributed by atoms with Crippen molar-refractivity contribution in [3.05, 3.63) is 91.9 Å². The Balaban J connectivity index is 1.70. The fourth-order valence-electron chi connectivity index (χ4n) is 3.13. The molecule has 1 heterocycles. The Morgan fingerprint density at radius 2 is 1.82 bits per heavy atom. The van der Waals surface area contributed by atoms with Crippen molar-refractivity contribution in [1.29, 1.82) is 0 Å². The Kier molecular flexibility index (Phi) is 6.44. The summed E-state index contributed by atoms with van der Waals surface area (Å²) >= 11 is 12.0. The monoisotopic (exact) mass is 483 g/mol. The Hall–Kier alpha value is -3.68. The third kappa shape index (κ3) is 5.39. The van der Waals surface area contributed by atoms with Crippen LogP contribution in [0.4, 0.5) is 16.0 Å². The van der Waals surface area contributed by atoms with Crippen molar-refractivity contribution in [1.82, 2.24) is 9.97 Å². The summed E-state index contributed by atoms with van der Waals surface area (Å²) in [7, 11) is 0. The highest BCUT2D eigenvalue weighted by molar-refractivity contribution is 6.42. The number of anilines is 2. The largest absolute Gasteiger partial charge is 0.427 e. The summed E-state index contributed by atoms with van der Waals surface area (Å²) in [5, 5.41) is 3.82. The van der Waals surface area contributed by atoms with Crippen molar-refractivity contribution < 1.29 is 13.9 Å². The number of esters is 1. The molecule has 0 bridgehead atoms. The number of nitrogens with one attached hydrogen (secondary N) is 2. The third-order valence-corrected chi connectivity index (χ3v) is 5.32. The minimum Gasteiger partial charge on any atom is -0.427 e. The highest BCUT2D eigenvalue weighted by Crippen LogP contribution is 2.27. The summed E-state index contributed by atoms with van der Waals surface area (Å²) in [6.45, 7) is 1.32. The van der Waals surface area contributed by atoms with Crippen LogP contribution < -0.4 is 15.6 Å². The van der Waals surface area contributed by atoms with Gasteiger partial charge in [-0.05, 0) is 48.0 Å². The highest BCUT2D eigenvalue weighted by Gasteiger charge is 2.10. The number of rotatable bonds is 5. The highest BCUT2D eigenvalue weighted by atomic mass is 35.5. The van der Waals surface area contributed by atoms with E-state index < -0.39 is 17.3 Å². The number of ether oxygens (including phenoxy) is 1. The van der Waals surface area contributed by atoms with Crippen LogP contribution >= 0.6 is 23.2 Å². The minimum atomic E-state index is -0.565. The van der Waals surface area contributed by atoms with Crippen molar-refractivity contribution in [2.45, 2.75) is 6.92 Å². The third-order valence-electron chi connectivity index (χ3n) is 4.58. The fraction of sp³-hybridized carbons (Fsp3) is 0.0417. The van der Waals surface area contributed by atoms with Crippen molar-refractivity contribution in [2.75, 3.05) is 5.32 Å². The Morgan fingerprint density at radius 1 is 1.06 bits per heavy atom. The Bertz CT molecular complexity index is 1450. The first-order chi connectivity index (χ1) is 15.8. The molecule has 166 valence electrons. The summed E-state index contributed by atoms with van der Waals surface area (Å²) in [4.78, 5) is 30.7. The molecular formula is C24H16Cl2FN3O3. The van der Waals surface area contributed by atoms with Gasteiger partial charge >= 0.3 is 5.97 Å². The number of H-pyrrole nitrogens is 1. The van der Waals surface area contributed by atoms with Gasteiger partial charge in [0.25, 0.3) is 5.56 Å². The first-order valence-corrected chi connectivity index (χ1v) is 10.5. The van der Waals surface area contributed by atoms with Crippen molar-refractivity contribution in [3.8, 4) is 5.75 Å². The second-order valence-corrected chi connectivity index (χ2v) is 7.87. The molecule has 0 aliphatic heterocycles. The predicted molar refractivity (Wildman–Crippen MR) is 129 cm³/mol. The molecule has 0 saturated carbocycles. The maximum Gasteiger partial charge on any atom is 0.308 e. The number of carbonyl (C=O) groups is 1. The normalized spacial score (nSPS) is 11.2. The summed E-state index contributed by atoms with van der Waals surface area (Å²) in [6.07, 6.45) is 3.39. The number of benzene rings is 3. The molecule has 0 amide bonds. The van der Waals surface area contributed by atoms with Gasteiger partial charge < -0.3 is 10.1 Å². The van der Waals surface area contributed by atoms with Gasteiger partial charge in [-0.3, -0.25) is 14.6 Å². The van der Waals surface area contributed by atoms with Crippen molar-refractivity contribution in [3.63, 3.8) is 0 Å². The van der Waals surface area contributed by atoms with E-state index in [0.717, 1.165) is 11.6 Å². The number of aromatic nitrogens is 2. The first kappa shape index (κ1) is 22.5. The van der Waals surface area contributed by atoms with Crippen LogP contribution in [0.25, 0.3) is 23.1 Å². The molecule has 0 radical (unpaired) electrons. The van der Waals surface area contributed by atoms with Gasteiger partial charge in [-0.1, -0.05) is 47.5 Å².